The molecular weight excluding hydrogens is 230 g/mol. The summed E-state index contributed by atoms with van der Waals surface area (Å²) in [7, 11) is 2.13. The zero-order valence-corrected chi connectivity index (χ0v) is 11.0. The smallest absolute Gasteiger partial charge is 0.0597 e. The number of nitrogens with zero attached hydrogens (tertiary/aromatic N) is 1. The van der Waals surface area contributed by atoms with Crippen molar-refractivity contribution in [3.05, 3.63) is 0 Å². The summed E-state index contributed by atoms with van der Waals surface area (Å²) in [4.78, 5) is 2.31. The summed E-state index contributed by atoms with van der Waals surface area (Å²) in [6.07, 6.45) is 0.334. The fraction of sp³-hybridized carbons (Fsp3) is 1.00. The first-order valence-corrected chi connectivity index (χ1v) is 5.91. The molecule has 0 saturated carbocycles. The Morgan fingerprint density at radius 3 is 2.31 bits per heavy atom. The molecule has 0 aromatic heterocycles. The maximum atomic E-state index is 5.50. The number of halogens is 1. The fourth-order valence-electron chi connectivity index (χ4n) is 0.830. The molecule has 0 amide bonds. The van der Waals surface area contributed by atoms with Crippen molar-refractivity contribution in [1.82, 2.24) is 4.90 Å². The third kappa shape index (κ3) is 5.66. The lowest BCUT2D eigenvalue weighted by molar-refractivity contribution is 0.0466. The van der Waals surface area contributed by atoms with Gasteiger partial charge >= 0.3 is 0 Å². The molecule has 0 aliphatic carbocycles. The minimum atomic E-state index is 0.209. The number of hydrogen-bond acceptors (Lipinski definition) is 2. The standard InChI is InChI=1S/C10H22BrNO/c1-9(2)13-7-6-12(5)10(3,4)8-11/h9H,6-8H2,1-5H3. The number of rotatable bonds is 6. The Balaban J connectivity index is 3.68. The molecule has 13 heavy (non-hydrogen) atoms. The van der Waals surface area contributed by atoms with Crippen LogP contribution >= 0.6 is 15.9 Å². The first-order valence-electron chi connectivity index (χ1n) is 4.79. The van der Waals surface area contributed by atoms with Crippen LogP contribution in [0.3, 0.4) is 0 Å². The van der Waals surface area contributed by atoms with Gasteiger partial charge in [-0.3, -0.25) is 4.90 Å². The Kier molecular flexibility index (Phi) is 6.18. The second-order valence-electron chi connectivity index (χ2n) is 4.29. The van der Waals surface area contributed by atoms with Crippen LogP contribution in [-0.4, -0.2) is 42.1 Å². The zero-order chi connectivity index (χ0) is 10.5. The molecule has 80 valence electrons. The van der Waals surface area contributed by atoms with Crippen LogP contribution in [0.2, 0.25) is 0 Å². The van der Waals surface area contributed by atoms with Crippen LogP contribution in [0.4, 0.5) is 0 Å². The fourth-order valence-corrected chi connectivity index (χ4v) is 1.26. The molecule has 0 unspecified atom stereocenters. The lowest BCUT2D eigenvalue weighted by atomic mass is 10.1. The average Bonchev–Trinajstić information content (AvgIpc) is 2.03. The normalized spacial score (nSPS) is 12.9. The molecule has 0 spiro atoms. The van der Waals surface area contributed by atoms with E-state index in [0.717, 1.165) is 18.5 Å². The molecule has 0 atom stereocenters. The molecular formula is C10H22BrNO. The molecule has 0 fully saturated rings. The van der Waals surface area contributed by atoms with Gasteiger partial charge in [-0.25, -0.2) is 0 Å². The van der Waals surface area contributed by atoms with Gasteiger partial charge in [-0.1, -0.05) is 15.9 Å². The summed E-state index contributed by atoms with van der Waals surface area (Å²) in [5, 5.41) is 0.984. The van der Waals surface area contributed by atoms with Crippen LogP contribution in [0.5, 0.6) is 0 Å². The third-order valence-corrected chi connectivity index (χ3v) is 3.61. The van der Waals surface area contributed by atoms with Crippen LogP contribution in [0.15, 0.2) is 0 Å². The molecule has 0 rings (SSSR count). The van der Waals surface area contributed by atoms with E-state index in [1.807, 2.05) is 0 Å². The van der Waals surface area contributed by atoms with Gasteiger partial charge in [0, 0.05) is 17.4 Å². The molecule has 0 saturated heterocycles. The van der Waals surface area contributed by atoms with E-state index >= 15 is 0 Å². The quantitative estimate of drug-likeness (QED) is 0.673. The minimum absolute atomic E-state index is 0.209. The predicted octanol–water partition coefficient (Wildman–Crippen LogP) is 2.52. The highest BCUT2D eigenvalue weighted by molar-refractivity contribution is 9.09. The van der Waals surface area contributed by atoms with Gasteiger partial charge in [0.15, 0.2) is 0 Å². The van der Waals surface area contributed by atoms with Crippen LogP contribution in [0.1, 0.15) is 27.7 Å². The van der Waals surface area contributed by atoms with Gasteiger partial charge in [-0.15, -0.1) is 0 Å². The van der Waals surface area contributed by atoms with Crippen LogP contribution < -0.4 is 0 Å². The number of alkyl halides is 1. The highest BCUT2D eigenvalue weighted by atomic mass is 79.9. The average molecular weight is 252 g/mol. The molecule has 2 nitrogen and oxygen atoms in total. The SMILES string of the molecule is CC(C)OCCN(C)C(C)(C)CBr. The van der Waals surface area contributed by atoms with E-state index in [9.17, 15) is 0 Å². The summed E-state index contributed by atoms with van der Waals surface area (Å²) < 4.78 is 5.50. The third-order valence-electron chi connectivity index (χ3n) is 2.24. The van der Waals surface area contributed by atoms with Crippen molar-refractivity contribution in [2.45, 2.75) is 39.3 Å². The lowest BCUT2D eigenvalue weighted by Crippen LogP contribution is -2.44. The summed E-state index contributed by atoms with van der Waals surface area (Å²) in [6, 6.07) is 0. The van der Waals surface area contributed by atoms with Crippen molar-refractivity contribution in [2.24, 2.45) is 0 Å². The Morgan fingerprint density at radius 2 is 1.92 bits per heavy atom. The molecule has 0 aromatic carbocycles. The molecule has 0 radical (unpaired) electrons. The molecule has 0 bridgehead atoms. The summed E-state index contributed by atoms with van der Waals surface area (Å²) in [5.74, 6) is 0. The lowest BCUT2D eigenvalue weighted by Gasteiger charge is -2.34. The van der Waals surface area contributed by atoms with Gasteiger partial charge in [0.05, 0.1) is 12.7 Å². The van der Waals surface area contributed by atoms with E-state index in [0.29, 0.717) is 6.10 Å². The molecule has 3 heteroatoms. The van der Waals surface area contributed by atoms with Crippen molar-refractivity contribution < 1.29 is 4.74 Å². The number of likely N-dealkylation sites (N-methyl/N-ethyl adjacent to an activating group) is 1. The van der Waals surface area contributed by atoms with Crippen molar-refractivity contribution in [3.63, 3.8) is 0 Å². The van der Waals surface area contributed by atoms with Crippen LogP contribution in [0.25, 0.3) is 0 Å². The second kappa shape index (κ2) is 5.99. The summed E-state index contributed by atoms with van der Waals surface area (Å²) in [5.41, 5.74) is 0.209. The van der Waals surface area contributed by atoms with E-state index < -0.39 is 0 Å². The Bertz CT molecular complexity index is 137. The Hall–Kier alpha value is 0.400. The number of hydrogen-bond donors (Lipinski definition) is 0. The molecule has 0 aliphatic heterocycles. The van der Waals surface area contributed by atoms with Crippen LogP contribution in [0, 0.1) is 0 Å². The summed E-state index contributed by atoms with van der Waals surface area (Å²) >= 11 is 3.51. The second-order valence-corrected chi connectivity index (χ2v) is 4.85. The van der Waals surface area contributed by atoms with E-state index in [1.54, 1.807) is 0 Å². The predicted molar refractivity (Wildman–Crippen MR) is 61.6 cm³/mol. The van der Waals surface area contributed by atoms with Gasteiger partial charge in [-0.2, -0.15) is 0 Å². The molecule has 0 aromatic rings. The first kappa shape index (κ1) is 13.4. The van der Waals surface area contributed by atoms with Crippen molar-refractivity contribution in [3.8, 4) is 0 Å². The zero-order valence-electron chi connectivity index (χ0n) is 9.43. The Morgan fingerprint density at radius 1 is 1.38 bits per heavy atom. The van der Waals surface area contributed by atoms with Gasteiger partial charge in [0.2, 0.25) is 0 Å². The van der Waals surface area contributed by atoms with E-state index in [2.05, 4.69) is 55.6 Å². The van der Waals surface area contributed by atoms with E-state index in [1.165, 1.54) is 0 Å². The minimum Gasteiger partial charge on any atom is -0.377 e. The van der Waals surface area contributed by atoms with Gasteiger partial charge in [0.1, 0.15) is 0 Å². The highest BCUT2D eigenvalue weighted by Gasteiger charge is 2.21. The largest absolute Gasteiger partial charge is 0.377 e. The van der Waals surface area contributed by atoms with Gasteiger partial charge in [0.25, 0.3) is 0 Å². The molecule has 0 aliphatic rings. The Labute approximate surface area is 90.8 Å². The molecule has 0 heterocycles. The first-order chi connectivity index (χ1) is 5.90. The van der Waals surface area contributed by atoms with Gasteiger partial charge in [-0.05, 0) is 34.7 Å². The van der Waals surface area contributed by atoms with E-state index in [-0.39, 0.29) is 5.54 Å². The monoisotopic (exact) mass is 251 g/mol. The highest BCUT2D eigenvalue weighted by Crippen LogP contribution is 2.14. The molecule has 0 N–H and O–H groups in total. The van der Waals surface area contributed by atoms with Crippen molar-refractivity contribution in [2.75, 3.05) is 25.5 Å². The summed E-state index contributed by atoms with van der Waals surface area (Å²) in [6.45, 7) is 10.4. The number of ether oxygens (including phenoxy) is 1. The van der Waals surface area contributed by atoms with Crippen molar-refractivity contribution in [1.29, 1.82) is 0 Å². The van der Waals surface area contributed by atoms with Crippen LogP contribution in [-0.2, 0) is 4.74 Å². The van der Waals surface area contributed by atoms with Crippen molar-refractivity contribution >= 4 is 15.9 Å². The van der Waals surface area contributed by atoms with Gasteiger partial charge < -0.3 is 4.74 Å². The maximum absolute atomic E-state index is 5.50. The maximum Gasteiger partial charge on any atom is 0.0597 e. The topological polar surface area (TPSA) is 12.5 Å². The van der Waals surface area contributed by atoms with E-state index in [4.69, 9.17) is 4.74 Å².